The van der Waals surface area contributed by atoms with E-state index in [2.05, 4.69) is 5.32 Å². The lowest BCUT2D eigenvalue weighted by atomic mass is 10.0. The number of aryl methyl sites for hydroxylation is 1. The lowest BCUT2D eigenvalue weighted by molar-refractivity contribution is -0.139. The van der Waals surface area contributed by atoms with E-state index < -0.39 is 28.5 Å². The summed E-state index contributed by atoms with van der Waals surface area (Å²) in [4.78, 5) is 29.1. The number of rotatable bonds is 12. The van der Waals surface area contributed by atoms with Gasteiger partial charge in [-0.2, -0.15) is 0 Å². The molecule has 42 heavy (non-hydrogen) atoms. The SMILES string of the molecule is CCc1ccc(N(CC(=O)N(Cc2ccc(Cl)cc2)[C@H](Cc2ccccc2)C(=O)NC)S(=O)(=O)c2ccccc2)cc1. The number of likely N-dealkylation sites (N-methyl/N-ethyl adjacent to an activating group) is 1. The Kier molecular flexibility index (Phi) is 10.4. The summed E-state index contributed by atoms with van der Waals surface area (Å²) >= 11 is 6.10. The van der Waals surface area contributed by atoms with Crippen molar-refractivity contribution in [1.29, 1.82) is 0 Å². The first-order valence-corrected chi connectivity index (χ1v) is 15.5. The maximum atomic E-state index is 14.3. The van der Waals surface area contributed by atoms with Gasteiger partial charge in [-0.1, -0.05) is 91.3 Å². The Hall–Kier alpha value is -4.14. The molecule has 0 heterocycles. The van der Waals surface area contributed by atoms with Crippen LogP contribution in [0, 0.1) is 0 Å². The summed E-state index contributed by atoms with van der Waals surface area (Å²) in [5.74, 6) is -0.875. The van der Waals surface area contributed by atoms with Crippen LogP contribution in [-0.2, 0) is 39.0 Å². The molecular weight excluding hydrogens is 570 g/mol. The second-order valence-corrected chi connectivity index (χ2v) is 12.1. The third-order valence-corrected chi connectivity index (χ3v) is 9.07. The zero-order valence-electron chi connectivity index (χ0n) is 23.6. The maximum Gasteiger partial charge on any atom is 0.264 e. The van der Waals surface area contributed by atoms with Gasteiger partial charge in [0.15, 0.2) is 0 Å². The van der Waals surface area contributed by atoms with E-state index in [1.807, 2.05) is 49.4 Å². The summed E-state index contributed by atoms with van der Waals surface area (Å²) in [6.45, 7) is 1.59. The number of carbonyl (C=O) groups excluding carboxylic acids is 2. The van der Waals surface area contributed by atoms with Gasteiger partial charge in [-0.05, 0) is 59.5 Å². The molecule has 218 valence electrons. The molecule has 0 bridgehead atoms. The zero-order valence-corrected chi connectivity index (χ0v) is 25.2. The lowest BCUT2D eigenvalue weighted by Crippen LogP contribution is -2.53. The summed E-state index contributed by atoms with van der Waals surface area (Å²) in [5.41, 5.74) is 3.01. The fraction of sp³-hybridized carbons (Fsp3) is 0.212. The summed E-state index contributed by atoms with van der Waals surface area (Å²) in [7, 11) is -2.60. The van der Waals surface area contributed by atoms with E-state index >= 15 is 0 Å². The molecule has 7 nitrogen and oxygen atoms in total. The van der Waals surface area contributed by atoms with Crippen LogP contribution in [0.5, 0.6) is 0 Å². The minimum atomic E-state index is -4.12. The van der Waals surface area contributed by atoms with Gasteiger partial charge in [-0.3, -0.25) is 13.9 Å². The highest BCUT2D eigenvalue weighted by atomic mass is 35.5. The average molecular weight is 604 g/mol. The van der Waals surface area contributed by atoms with Crippen LogP contribution in [0.25, 0.3) is 0 Å². The Morgan fingerprint density at radius 3 is 1.93 bits per heavy atom. The first-order valence-electron chi connectivity index (χ1n) is 13.7. The Morgan fingerprint density at radius 1 is 0.786 bits per heavy atom. The first kappa shape index (κ1) is 30.8. The van der Waals surface area contributed by atoms with Crippen LogP contribution < -0.4 is 9.62 Å². The first-order chi connectivity index (χ1) is 20.2. The quantitative estimate of drug-likeness (QED) is 0.232. The minimum absolute atomic E-state index is 0.0637. The third kappa shape index (κ3) is 7.57. The highest BCUT2D eigenvalue weighted by molar-refractivity contribution is 7.92. The molecule has 1 atom stereocenters. The van der Waals surface area contributed by atoms with Gasteiger partial charge in [-0.15, -0.1) is 0 Å². The highest BCUT2D eigenvalue weighted by Crippen LogP contribution is 2.26. The third-order valence-electron chi connectivity index (χ3n) is 7.03. The van der Waals surface area contributed by atoms with Crippen molar-refractivity contribution in [2.24, 2.45) is 0 Å². The van der Waals surface area contributed by atoms with E-state index in [-0.39, 0.29) is 23.8 Å². The molecule has 0 aromatic heterocycles. The number of nitrogens with zero attached hydrogens (tertiary/aromatic N) is 2. The fourth-order valence-corrected chi connectivity index (χ4v) is 6.21. The van der Waals surface area contributed by atoms with Crippen molar-refractivity contribution in [3.05, 3.63) is 131 Å². The molecule has 2 amide bonds. The topological polar surface area (TPSA) is 86.8 Å². The van der Waals surface area contributed by atoms with Crippen molar-refractivity contribution in [3.8, 4) is 0 Å². The van der Waals surface area contributed by atoms with E-state index in [1.54, 1.807) is 54.6 Å². The summed E-state index contributed by atoms with van der Waals surface area (Å²) in [6, 6.07) is 30.6. The van der Waals surface area contributed by atoms with Crippen molar-refractivity contribution in [2.45, 2.75) is 37.2 Å². The molecule has 4 aromatic carbocycles. The normalized spacial score (nSPS) is 11.9. The van der Waals surface area contributed by atoms with Crippen LogP contribution >= 0.6 is 11.6 Å². The van der Waals surface area contributed by atoms with Crippen molar-refractivity contribution in [3.63, 3.8) is 0 Å². The molecular formula is C33H34ClN3O4S. The van der Waals surface area contributed by atoms with Crippen molar-refractivity contribution < 1.29 is 18.0 Å². The standard InChI is InChI=1S/C33H34ClN3O4S/c1-3-25-16-20-29(21-17-25)37(42(40,41)30-12-8-5-9-13-30)24-32(38)36(23-27-14-18-28(34)19-15-27)31(33(39)35-2)22-26-10-6-4-7-11-26/h4-21,31H,3,22-24H2,1-2H3,(H,35,39)/t31-/m1/s1. The molecule has 0 fully saturated rings. The van der Waals surface area contributed by atoms with Gasteiger partial charge in [0.25, 0.3) is 10.0 Å². The minimum Gasteiger partial charge on any atom is -0.357 e. The van der Waals surface area contributed by atoms with Crippen LogP contribution in [0.2, 0.25) is 5.02 Å². The van der Waals surface area contributed by atoms with Crippen LogP contribution in [-0.4, -0.2) is 44.8 Å². The predicted octanol–water partition coefficient (Wildman–Crippen LogP) is 5.48. The number of halogens is 1. The lowest BCUT2D eigenvalue weighted by Gasteiger charge is -2.33. The van der Waals surface area contributed by atoms with Crippen LogP contribution in [0.1, 0.15) is 23.6 Å². The smallest absolute Gasteiger partial charge is 0.264 e. The van der Waals surface area contributed by atoms with Crippen LogP contribution in [0.3, 0.4) is 0 Å². The van der Waals surface area contributed by atoms with Gasteiger partial charge in [0.05, 0.1) is 10.6 Å². The summed E-state index contributed by atoms with van der Waals surface area (Å²) in [6.07, 6.45) is 1.03. The van der Waals surface area contributed by atoms with Crippen molar-refractivity contribution >= 4 is 39.1 Å². The molecule has 0 unspecified atom stereocenters. The molecule has 0 saturated heterocycles. The monoisotopic (exact) mass is 603 g/mol. The van der Waals surface area contributed by atoms with Crippen LogP contribution in [0.4, 0.5) is 5.69 Å². The average Bonchev–Trinajstić information content (AvgIpc) is 3.03. The number of benzene rings is 4. The molecule has 0 spiro atoms. The van der Waals surface area contributed by atoms with E-state index in [0.717, 1.165) is 27.4 Å². The Bertz CT molecular complexity index is 1580. The van der Waals surface area contributed by atoms with Gasteiger partial charge in [0.2, 0.25) is 11.8 Å². The Labute approximate surface area is 252 Å². The number of hydrogen-bond acceptors (Lipinski definition) is 4. The van der Waals surface area contributed by atoms with Gasteiger partial charge in [0.1, 0.15) is 12.6 Å². The Morgan fingerprint density at radius 2 is 1.36 bits per heavy atom. The number of anilines is 1. The molecule has 0 aliphatic rings. The fourth-order valence-electron chi connectivity index (χ4n) is 4.65. The van der Waals surface area contributed by atoms with E-state index in [1.165, 1.54) is 24.1 Å². The molecule has 4 rings (SSSR count). The Balaban J connectivity index is 1.77. The largest absolute Gasteiger partial charge is 0.357 e. The van der Waals surface area contributed by atoms with Crippen LogP contribution in [0.15, 0.2) is 114 Å². The molecule has 0 aliphatic heterocycles. The molecule has 9 heteroatoms. The molecule has 1 N–H and O–H groups in total. The van der Waals surface area contributed by atoms with Crippen molar-refractivity contribution in [2.75, 3.05) is 17.9 Å². The molecule has 0 radical (unpaired) electrons. The maximum absolute atomic E-state index is 14.3. The number of nitrogens with one attached hydrogen (secondary N) is 1. The second-order valence-electron chi connectivity index (χ2n) is 9.81. The number of sulfonamides is 1. The molecule has 0 saturated carbocycles. The van der Waals surface area contributed by atoms with E-state index in [0.29, 0.717) is 10.7 Å². The molecule has 4 aromatic rings. The number of hydrogen-bond donors (Lipinski definition) is 1. The number of carbonyl (C=O) groups is 2. The highest BCUT2D eigenvalue weighted by Gasteiger charge is 2.34. The van der Waals surface area contributed by atoms with Gasteiger partial charge < -0.3 is 10.2 Å². The van der Waals surface area contributed by atoms with Gasteiger partial charge in [0, 0.05) is 25.0 Å². The second kappa shape index (κ2) is 14.2. The molecule has 0 aliphatic carbocycles. The summed E-state index contributed by atoms with van der Waals surface area (Å²) < 4.78 is 29.0. The predicted molar refractivity (Wildman–Crippen MR) is 167 cm³/mol. The number of amides is 2. The van der Waals surface area contributed by atoms with E-state index in [9.17, 15) is 18.0 Å². The van der Waals surface area contributed by atoms with Gasteiger partial charge >= 0.3 is 0 Å². The van der Waals surface area contributed by atoms with E-state index in [4.69, 9.17) is 11.6 Å². The van der Waals surface area contributed by atoms with Gasteiger partial charge in [-0.25, -0.2) is 8.42 Å². The zero-order chi connectivity index (χ0) is 30.1. The summed E-state index contributed by atoms with van der Waals surface area (Å²) in [5, 5.41) is 3.22. The van der Waals surface area contributed by atoms with Crippen molar-refractivity contribution in [1.82, 2.24) is 10.2 Å².